The molecule has 2 nitrogen and oxygen atoms in total. The fourth-order valence-corrected chi connectivity index (χ4v) is 1.11. The number of para-hydroxylation sites is 2. The second kappa shape index (κ2) is 8.26. The Morgan fingerprint density at radius 1 is 0.625 bits per heavy atom. The first-order valence-corrected chi connectivity index (χ1v) is 4.73. The lowest BCUT2D eigenvalue weighted by Crippen LogP contribution is -1.81. The Morgan fingerprint density at radius 3 is 1.25 bits per heavy atom. The van der Waals surface area contributed by atoms with Crippen molar-refractivity contribution < 1.29 is 10.2 Å². The van der Waals surface area contributed by atoms with Crippen molar-refractivity contribution in [1.29, 1.82) is 0 Å². The van der Waals surface area contributed by atoms with Gasteiger partial charge in [0.05, 0.1) is 0 Å². The first kappa shape index (κ1) is 13.9. The molecule has 0 aliphatic rings. The van der Waals surface area contributed by atoms with Crippen LogP contribution in [0.3, 0.4) is 0 Å². The Labute approximate surface area is 96.1 Å². The molecule has 0 saturated carbocycles. The predicted octanol–water partition coefficient (Wildman–Crippen LogP) is 3.46. The average Bonchev–Trinajstić information content (AvgIpc) is 2.34. The van der Waals surface area contributed by atoms with Crippen LogP contribution in [0.2, 0.25) is 0 Å². The van der Waals surface area contributed by atoms with Crippen LogP contribution in [0.1, 0.15) is 0 Å². The van der Waals surface area contributed by atoms with Gasteiger partial charge in [0.2, 0.25) is 0 Å². The third-order valence-corrected chi connectivity index (χ3v) is 1.72. The van der Waals surface area contributed by atoms with E-state index >= 15 is 0 Å². The van der Waals surface area contributed by atoms with Crippen LogP contribution in [0, 0.1) is 0 Å². The molecule has 2 heteroatoms. The normalized spacial score (nSPS) is 8.00. The van der Waals surface area contributed by atoms with Crippen molar-refractivity contribution in [2.24, 2.45) is 0 Å². The minimum absolute atomic E-state index is 0. The first-order chi connectivity index (χ1) is 7.45. The van der Waals surface area contributed by atoms with Gasteiger partial charge in [0.15, 0.2) is 0 Å². The molecule has 84 valence electrons. The second-order valence-electron chi connectivity index (χ2n) is 2.73. The molecule has 0 bridgehead atoms. The van der Waals surface area contributed by atoms with Gasteiger partial charge in [-0.3, -0.25) is 0 Å². The lowest BCUT2D eigenvalue weighted by Gasteiger charge is -2.03. The zero-order valence-corrected chi connectivity index (χ0v) is 9.10. The molecule has 0 atom stereocenters. The van der Waals surface area contributed by atoms with Crippen molar-refractivity contribution in [3.05, 3.63) is 73.8 Å². The van der Waals surface area contributed by atoms with Crippen LogP contribution >= 0.6 is 0 Å². The SMILES string of the molecule is C=C.O.c1ccc(Oc2ccccc2)cc1. The Kier molecular flexibility index (Phi) is 7.20. The molecular weight excluding hydrogens is 200 g/mol. The summed E-state index contributed by atoms with van der Waals surface area (Å²) in [7, 11) is 0. The highest BCUT2D eigenvalue weighted by atomic mass is 16.5. The van der Waals surface area contributed by atoms with Gasteiger partial charge in [-0.2, -0.15) is 0 Å². The molecule has 2 aromatic rings. The maximum atomic E-state index is 5.58. The van der Waals surface area contributed by atoms with Gasteiger partial charge in [0.1, 0.15) is 11.5 Å². The molecule has 0 aromatic heterocycles. The van der Waals surface area contributed by atoms with E-state index in [4.69, 9.17) is 4.74 Å². The molecule has 0 heterocycles. The smallest absolute Gasteiger partial charge is 0.127 e. The predicted molar refractivity (Wildman–Crippen MR) is 67.8 cm³/mol. The van der Waals surface area contributed by atoms with E-state index in [2.05, 4.69) is 13.2 Å². The Morgan fingerprint density at radius 2 is 0.938 bits per heavy atom. The minimum Gasteiger partial charge on any atom is -0.457 e. The Balaban J connectivity index is 0.000000711. The second-order valence-corrected chi connectivity index (χ2v) is 2.73. The van der Waals surface area contributed by atoms with E-state index in [1.54, 1.807) is 0 Å². The van der Waals surface area contributed by atoms with E-state index in [1.165, 1.54) is 0 Å². The van der Waals surface area contributed by atoms with Gasteiger partial charge < -0.3 is 10.2 Å². The van der Waals surface area contributed by atoms with Crippen molar-refractivity contribution in [2.75, 3.05) is 0 Å². The summed E-state index contributed by atoms with van der Waals surface area (Å²) in [6.45, 7) is 6.00. The maximum Gasteiger partial charge on any atom is 0.127 e. The summed E-state index contributed by atoms with van der Waals surface area (Å²) < 4.78 is 5.58. The zero-order valence-electron chi connectivity index (χ0n) is 9.10. The number of rotatable bonds is 2. The van der Waals surface area contributed by atoms with E-state index in [1.807, 2.05) is 60.7 Å². The van der Waals surface area contributed by atoms with Gasteiger partial charge in [-0.1, -0.05) is 36.4 Å². The van der Waals surface area contributed by atoms with Gasteiger partial charge in [-0.15, -0.1) is 13.2 Å². The van der Waals surface area contributed by atoms with E-state index in [0.717, 1.165) is 11.5 Å². The average molecular weight is 216 g/mol. The standard InChI is InChI=1S/C12H10O.C2H4.H2O/c1-3-7-11(8-4-1)13-12-9-5-2-6-10-12;1-2;/h1-10H;1-2H2;1H2. The van der Waals surface area contributed by atoms with Crippen LogP contribution in [-0.2, 0) is 0 Å². The third kappa shape index (κ3) is 4.44. The van der Waals surface area contributed by atoms with E-state index in [0.29, 0.717) is 0 Å². The van der Waals surface area contributed by atoms with Crippen LogP contribution in [0.4, 0.5) is 0 Å². The van der Waals surface area contributed by atoms with E-state index < -0.39 is 0 Å². The van der Waals surface area contributed by atoms with Gasteiger partial charge in [0, 0.05) is 0 Å². The summed E-state index contributed by atoms with van der Waals surface area (Å²) >= 11 is 0. The summed E-state index contributed by atoms with van der Waals surface area (Å²) in [4.78, 5) is 0. The Bertz CT molecular complexity index is 333. The lowest BCUT2D eigenvalue weighted by molar-refractivity contribution is 0.482. The largest absolute Gasteiger partial charge is 0.457 e. The molecule has 16 heavy (non-hydrogen) atoms. The van der Waals surface area contributed by atoms with E-state index in [-0.39, 0.29) is 5.48 Å². The fraction of sp³-hybridized carbons (Fsp3) is 0. The molecule has 0 saturated heterocycles. The number of benzene rings is 2. The van der Waals surface area contributed by atoms with Crippen molar-refractivity contribution in [3.63, 3.8) is 0 Å². The Hall–Kier alpha value is -2.06. The topological polar surface area (TPSA) is 40.7 Å². The molecular formula is C14H16O2. The minimum atomic E-state index is 0. The van der Waals surface area contributed by atoms with Crippen LogP contribution < -0.4 is 4.74 Å². The first-order valence-electron chi connectivity index (χ1n) is 4.73. The highest BCUT2D eigenvalue weighted by molar-refractivity contribution is 5.30. The van der Waals surface area contributed by atoms with Crippen molar-refractivity contribution in [1.82, 2.24) is 0 Å². The zero-order chi connectivity index (χ0) is 10.9. The molecule has 0 fully saturated rings. The molecule has 2 rings (SSSR count). The third-order valence-electron chi connectivity index (χ3n) is 1.72. The molecule has 0 radical (unpaired) electrons. The van der Waals surface area contributed by atoms with Gasteiger partial charge >= 0.3 is 0 Å². The molecule has 2 aromatic carbocycles. The van der Waals surface area contributed by atoms with Crippen molar-refractivity contribution in [2.45, 2.75) is 0 Å². The summed E-state index contributed by atoms with van der Waals surface area (Å²) in [6, 6.07) is 19.5. The van der Waals surface area contributed by atoms with Crippen LogP contribution in [0.25, 0.3) is 0 Å². The molecule has 0 aliphatic heterocycles. The quantitative estimate of drug-likeness (QED) is 0.709. The van der Waals surface area contributed by atoms with Crippen LogP contribution in [0.5, 0.6) is 11.5 Å². The summed E-state index contributed by atoms with van der Waals surface area (Å²) in [5, 5.41) is 0. The molecule has 0 amide bonds. The molecule has 0 spiro atoms. The number of hydrogen-bond acceptors (Lipinski definition) is 1. The van der Waals surface area contributed by atoms with Gasteiger partial charge in [-0.05, 0) is 24.3 Å². The van der Waals surface area contributed by atoms with Gasteiger partial charge in [-0.25, -0.2) is 0 Å². The lowest BCUT2D eigenvalue weighted by atomic mass is 10.3. The van der Waals surface area contributed by atoms with E-state index in [9.17, 15) is 0 Å². The molecule has 0 unspecified atom stereocenters. The van der Waals surface area contributed by atoms with Crippen LogP contribution in [0.15, 0.2) is 73.8 Å². The van der Waals surface area contributed by atoms with Crippen LogP contribution in [-0.4, -0.2) is 5.48 Å². The molecule has 0 aliphatic carbocycles. The monoisotopic (exact) mass is 216 g/mol. The summed E-state index contributed by atoms with van der Waals surface area (Å²) in [5.41, 5.74) is 0. The summed E-state index contributed by atoms with van der Waals surface area (Å²) in [6.07, 6.45) is 0. The highest BCUT2D eigenvalue weighted by Crippen LogP contribution is 2.19. The van der Waals surface area contributed by atoms with Crippen molar-refractivity contribution >= 4 is 0 Å². The number of hydrogen-bond donors (Lipinski definition) is 0. The fourth-order valence-electron chi connectivity index (χ4n) is 1.11. The van der Waals surface area contributed by atoms with Crippen molar-refractivity contribution in [3.8, 4) is 11.5 Å². The number of ether oxygens (including phenoxy) is 1. The van der Waals surface area contributed by atoms with Gasteiger partial charge in [0.25, 0.3) is 0 Å². The maximum absolute atomic E-state index is 5.58. The molecule has 2 N–H and O–H groups in total. The summed E-state index contributed by atoms with van der Waals surface area (Å²) in [5.74, 6) is 1.74. The highest BCUT2D eigenvalue weighted by Gasteiger charge is 1.92.